The van der Waals surface area contributed by atoms with Gasteiger partial charge in [0.05, 0.1) is 6.61 Å². The van der Waals surface area contributed by atoms with Gasteiger partial charge in [0.25, 0.3) is 0 Å². The van der Waals surface area contributed by atoms with Crippen LogP contribution in [0.15, 0.2) is 18.3 Å². The van der Waals surface area contributed by atoms with E-state index in [0.717, 1.165) is 18.9 Å². The lowest BCUT2D eigenvalue weighted by molar-refractivity contribution is 0.0527. The molecule has 1 aromatic rings. The first-order chi connectivity index (χ1) is 8.81. The summed E-state index contributed by atoms with van der Waals surface area (Å²) in [5.41, 5.74) is 0.519. The van der Waals surface area contributed by atoms with Gasteiger partial charge in [0.2, 0.25) is 0 Å². The molecule has 0 unspecified atom stereocenters. The summed E-state index contributed by atoms with van der Waals surface area (Å²) in [7, 11) is 0. The van der Waals surface area contributed by atoms with E-state index in [9.17, 15) is 4.79 Å². The van der Waals surface area contributed by atoms with Crippen LogP contribution in [0.2, 0.25) is 0 Å². The topological polar surface area (TPSA) is 51.2 Å². The molecule has 0 amide bonds. The number of nitrogens with zero attached hydrogens (tertiary/aromatic N) is 1. The molecule has 1 fully saturated rings. The highest BCUT2D eigenvalue weighted by atomic mass is 16.5. The Morgan fingerprint density at radius 3 is 3.11 bits per heavy atom. The summed E-state index contributed by atoms with van der Waals surface area (Å²) in [5.74, 6) is 1.27. The van der Waals surface area contributed by atoms with Gasteiger partial charge in [-0.05, 0) is 37.8 Å². The third-order valence-corrected chi connectivity index (χ3v) is 3.08. The zero-order valence-electron chi connectivity index (χ0n) is 10.8. The van der Waals surface area contributed by atoms with Crippen LogP contribution >= 0.6 is 0 Å². The van der Waals surface area contributed by atoms with Crippen LogP contribution in [0.4, 0.5) is 5.82 Å². The molecule has 0 atom stereocenters. The molecule has 1 heterocycles. The van der Waals surface area contributed by atoms with Gasteiger partial charge in [-0.25, -0.2) is 9.78 Å². The number of hydrogen-bond acceptors (Lipinski definition) is 4. The first kappa shape index (κ1) is 12.9. The minimum Gasteiger partial charge on any atom is -0.462 e. The summed E-state index contributed by atoms with van der Waals surface area (Å²) in [6.07, 6.45) is 6.86. The van der Waals surface area contributed by atoms with E-state index in [-0.39, 0.29) is 5.97 Å². The maximum Gasteiger partial charge on any atom is 0.341 e. The van der Waals surface area contributed by atoms with Gasteiger partial charge >= 0.3 is 5.97 Å². The normalized spacial score (nSPS) is 14.3. The van der Waals surface area contributed by atoms with E-state index < -0.39 is 0 Å². The lowest BCUT2D eigenvalue weighted by atomic mass is 10.2. The predicted octanol–water partition coefficient (Wildman–Crippen LogP) is 2.86. The van der Waals surface area contributed by atoms with Gasteiger partial charge in [0.15, 0.2) is 0 Å². The third kappa shape index (κ3) is 3.72. The van der Waals surface area contributed by atoms with E-state index in [1.807, 2.05) is 0 Å². The van der Waals surface area contributed by atoms with E-state index in [0.29, 0.717) is 18.0 Å². The molecule has 1 aromatic heterocycles. The molecule has 2 rings (SSSR count). The minimum absolute atomic E-state index is 0.310. The highest BCUT2D eigenvalue weighted by Crippen LogP contribution is 2.33. The van der Waals surface area contributed by atoms with Gasteiger partial charge in [0, 0.05) is 12.7 Å². The number of anilines is 1. The molecule has 98 valence electrons. The predicted molar refractivity (Wildman–Crippen MR) is 70.6 cm³/mol. The van der Waals surface area contributed by atoms with Crippen molar-refractivity contribution in [3.8, 4) is 0 Å². The van der Waals surface area contributed by atoms with Crippen molar-refractivity contribution in [3.05, 3.63) is 23.9 Å². The van der Waals surface area contributed by atoms with Crippen LogP contribution in [0.3, 0.4) is 0 Å². The van der Waals surface area contributed by atoms with E-state index in [1.54, 1.807) is 25.3 Å². The number of pyridine rings is 1. The zero-order valence-corrected chi connectivity index (χ0v) is 10.8. The van der Waals surface area contributed by atoms with Crippen LogP contribution < -0.4 is 5.32 Å². The van der Waals surface area contributed by atoms with Crippen LogP contribution in [0.1, 0.15) is 43.0 Å². The average Bonchev–Trinajstić information content (AvgIpc) is 3.19. The van der Waals surface area contributed by atoms with Crippen LogP contribution in [0.25, 0.3) is 0 Å². The molecular formula is C14H20N2O2. The Morgan fingerprint density at radius 1 is 1.56 bits per heavy atom. The molecule has 0 saturated heterocycles. The highest BCUT2D eigenvalue weighted by molar-refractivity contribution is 5.94. The number of rotatable bonds is 7. The first-order valence-electron chi connectivity index (χ1n) is 6.67. The molecule has 0 aromatic carbocycles. The van der Waals surface area contributed by atoms with Crippen molar-refractivity contribution in [2.24, 2.45) is 5.92 Å². The molecule has 1 saturated carbocycles. The van der Waals surface area contributed by atoms with Crippen molar-refractivity contribution in [2.75, 3.05) is 18.5 Å². The molecule has 0 radical (unpaired) electrons. The van der Waals surface area contributed by atoms with E-state index in [1.165, 1.54) is 19.3 Å². The summed E-state index contributed by atoms with van der Waals surface area (Å²) >= 11 is 0. The van der Waals surface area contributed by atoms with Crippen molar-refractivity contribution in [3.63, 3.8) is 0 Å². The average molecular weight is 248 g/mol. The van der Waals surface area contributed by atoms with Gasteiger partial charge in [-0.2, -0.15) is 0 Å². The van der Waals surface area contributed by atoms with Crippen LogP contribution in [0, 0.1) is 5.92 Å². The number of esters is 1. The number of nitrogens with one attached hydrogen (secondary N) is 1. The Bertz CT molecular complexity index is 403. The van der Waals surface area contributed by atoms with Crippen molar-refractivity contribution in [1.29, 1.82) is 0 Å². The molecular weight excluding hydrogens is 228 g/mol. The number of carbonyl (C=O) groups is 1. The highest BCUT2D eigenvalue weighted by Gasteiger charge is 2.20. The van der Waals surface area contributed by atoms with Gasteiger partial charge < -0.3 is 10.1 Å². The molecule has 18 heavy (non-hydrogen) atoms. The third-order valence-electron chi connectivity index (χ3n) is 3.08. The maximum absolute atomic E-state index is 11.7. The summed E-state index contributed by atoms with van der Waals surface area (Å²) in [5, 5.41) is 3.22. The Labute approximate surface area is 108 Å². The second-order valence-corrected chi connectivity index (χ2v) is 4.63. The smallest absolute Gasteiger partial charge is 0.341 e. The van der Waals surface area contributed by atoms with Crippen molar-refractivity contribution < 1.29 is 9.53 Å². The largest absolute Gasteiger partial charge is 0.462 e. The van der Waals surface area contributed by atoms with Crippen LogP contribution in [-0.2, 0) is 4.74 Å². The standard InChI is InChI=1S/C14H20N2O2/c1-2-18-14(17)12-6-4-10-16-13(12)15-9-3-5-11-7-8-11/h4,6,10-11H,2-3,5,7-9H2,1H3,(H,15,16). The second-order valence-electron chi connectivity index (χ2n) is 4.63. The van der Waals surface area contributed by atoms with Gasteiger partial charge in [0.1, 0.15) is 11.4 Å². The SMILES string of the molecule is CCOC(=O)c1cccnc1NCCCC1CC1. The fraction of sp³-hybridized carbons (Fsp3) is 0.571. The van der Waals surface area contributed by atoms with E-state index in [4.69, 9.17) is 4.74 Å². The van der Waals surface area contributed by atoms with Crippen molar-refractivity contribution in [2.45, 2.75) is 32.6 Å². The minimum atomic E-state index is -0.310. The summed E-state index contributed by atoms with van der Waals surface area (Å²) in [4.78, 5) is 15.9. The molecule has 1 N–H and O–H groups in total. The quantitative estimate of drug-likeness (QED) is 0.595. The van der Waals surface area contributed by atoms with E-state index in [2.05, 4.69) is 10.3 Å². The monoisotopic (exact) mass is 248 g/mol. The molecule has 1 aliphatic rings. The van der Waals surface area contributed by atoms with E-state index >= 15 is 0 Å². The number of hydrogen-bond donors (Lipinski definition) is 1. The van der Waals surface area contributed by atoms with Gasteiger partial charge in [-0.3, -0.25) is 0 Å². The summed E-state index contributed by atoms with van der Waals surface area (Å²) in [6.45, 7) is 3.05. The summed E-state index contributed by atoms with van der Waals surface area (Å²) < 4.78 is 5.00. The van der Waals surface area contributed by atoms with Crippen LogP contribution in [0.5, 0.6) is 0 Å². The Hall–Kier alpha value is -1.58. The molecule has 0 spiro atoms. The fourth-order valence-electron chi connectivity index (χ4n) is 1.92. The van der Waals surface area contributed by atoms with Gasteiger partial charge in [-0.1, -0.05) is 12.8 Å². The lowest BCUT2D eigenvalue weighted by Gasteiger charge is -2.09. The summed E-state index contributed by atoms with van der Waals surface area (Å²) in [6, 6.07) is 3.50. The van der Waals surface area contributed by atoms with Crippen molar-refractivity contribution in [1.82, 2.24) is 4.98 Å². The second kappa shape index (κ2) is 6.38. The Morgan fingerprint density at radius 2 is 2.39 bits per heavy atom. The molecule has 1 aliphatic carbocycles. The molecule has 4 nitrogen and oxygen atoms in total. The van der Waals surface area contributed by atoms with Crippen LogP contribution in [-0.4, -0.2) is 24.1 Å². The Kier molecular flexibility index (Phi) is 4.56. The number of aromatic nitrogens is 1. The molecule has 4 heteroatoms. The van der Waals surface area contributed by atoms with Gasteiger partial charge in [-0.15, -0.1) is 0 Å². The number of ether oxygens (including phenoxy) is 1. The fourth-order valence-corrected chi connectivity index (χ4v) is 1.92. The zero-order chi connectivity index (χ0) is 12.8. The lowest BCUT2D eigenvalue weighted by Crippen LogP contribution is -2.12. The Balaban J connectivity index is 1.87. The number of carbonyl (C=O) groups excluding carboxylic acids is 1. The van der Waals surface area contributed by atoms with Crippen molar-refractivity contribution >= 4 is 11.8 Å². The molecule has 0 bridgehead atoms. The maximum atomic E-state index is 11.7. The molecule has 0 aliphatic heterocycles. The first-order valence-corrected chi connectivity index (χ1v) is 6.67.